The summed E-state index contributed by atoms with van der Waals surface area (Å²) in [6.07, 6.45) is 5.68. The number of sulfone groups is 1. The van der Waals surface area contributed by atoms with Crippen LogP contribution in [0.4, 0.5) is 0 Å². The largest absolute Gasteiger partial charge is 0.493 e. The van der Waals surface area contributed by atoms with Gasteiger partial charge in [0.1, 0.15) is 5.75 Å². The molecule has 0 amide bonds. The molecule has 1 aromatic heterocycles. The highest BCUT2D eigenvalue weighted by Crippen LogP contribution is 2.29. The van der Waals surface area contributed by atoms with Crippen LogP contribution in [0.25, 0.3) is 11.1 Å². The van der Waals surface area contributed by atoms with E-state index >= 15 is 0 Å². The van der Waals surface area contributed by atoms with Crippen LogP contribution in [0, 0.1) is 0 Å². The number of benzene rings is 2. The first kappa shape index (κ1) is 18.5. The first-order valence-electron chi connectivity index (χ1n) is 8.13. The Bertz CT molecular complexity index is 969. The zero-order chi connectivity index (χ0) is 18.6. The van der Waals surface area contributed by atoms with Crippen molar-refractivity contribution in [1.29, 1.82) is 0 Å². The highest BCUT2D eigenvalue weighted by Gasteiger charge is 2.08. The molecule has 0 N–H and O–H groups in total. The number of aryl methyl sites for hydroxylation is 1. The Balaban J connectivity index is 1.69. The number of hydrogen-bond acceptors (Lipinski definition) is 4. The molecule has 5 nitrogen and oxygen atoms in total. The van der Waals surface area contributed by atoms with Gasteiger partial charge in [-0.1, -0.05) is 23.7 Å². The van der Waals surface area contributed by atoms with Crippen LogP contribution in [0.2, 0.25) is 5.02 Å². The second-order valence-corrected chi connectivity index (χ2v) is 8.40. The number of rotatable bonds is 7. The minimum Gasteiger partial charge on any atom is -0.493 e. The van der Waals surface area contributed by atoms with Gasteiger partial charge in [0.05, 0.1) is 11.5 Å². The van der Waals surface area contributed by atoms with Gasteiger partial charge in [-0.3, -0.25) is 4.68 Å². The average Bonchev–Trinajstić information content (AvgIpc) is 3.11. The summed E-state index contributed by atoms with van der Waals surface area (Å²) in [5.41, 5.74) is 1.75. The molecule has 0 radical (unpaired) electrons. The van der Waals surface area contributed by atoms with Crippen LogP contribution >= 0.6 is 11.6 Å². The summed E-state index contributed by atoms with van der Waals surface area (Å²) in [5.74, 6) is 0.681. The highest BCUT2D eigenvalue weighted by molar-refractivity contribution is 7.90. The number of halogens is 1. The van der Waals surface area contributed by atoms with Crippen molar-refractivity contribution in [2.45, 2.75) is 17.9 Å². The summed E-state index contributed by atoms with van der Waals surface area (Å²) in [7, 11) is -3.21. The predicted octanol–water partition coefficient (Wildman–Crippen LogP) is 4.08. The first-order chi connectivity index (χ1) is 12.4. The van der Waals surface area contributed by atoms with E-state index in [9.17, 15) is 8.42 Å². The third-order valence-corrected chi connectivity index (χ3v) is 5.19. The molecule has 0 spiro atoms. The van der Waals surface area contributed by atoms with Crippen LogP contribution < -0.4 is 4.74 Å². The molecule has 0 saturated heterocycles. The number of hydrogen-bond donors (Lipinski definition) is 0. The molecule has 2 aromatic carbocycles. The smallest absolute Gasteiger partial charge is 0.175 e. The summed E-state index contributed by atoms with van der Waals surface area (Å²) in [6, 6.07) is 14.1. The standard InChI is InChI=1S/C19H19ClN2O3S/c1-26(23,24)19-6-4-15(5-7-19)16-12-17(20)14-18(13-16)25-11-3-10-22-9-2-8-21-22/h2,4-9,12-14H,3,10-11H2,1H3. The van der Waals surface area contributed by atoms with Crippen LogP contribution in [0.15, 0.2) is 65.8 Å². The van der Waals surface area contributed by atoms with Crippen molar-refractivity contribution in [3.05, 3.63) is 65.9 Å². The average molecular weight is 391 g/mol. The van der Waals surface area contributed by atoms with Crippen molar-refractivity contribution < 1.29 is 13.2 Å². The fourth-order valence-corrected chi connectivity index (χ4v) is 3.41. The van der Waals surface area contributed by atoms with Crippen LogP contribution in [-0.2, 0) is 16.4 Å². The zero-order valence-corrected chi connectivity index (χ0v) is 15.9. The third kappa shape index (κ3) is 4.86. The normalized spacial score (nSPS) is 11.5. The Morgan fingerprint density at radius 3 is 2.54 bits per heavy atom. The Labute approximate surface area is 158 Å². The fourth-order valence-electron chi connectivity index (χ4n) is 2.56. The minimum atomic E-state index is -3.21. The van der Waals surface area contributed by atoms with Gasteiger partial charge in [-0.15, -0.1) is 0 Å². The van der Waals surface area contributed by atoms with Crippen molar-refractivity contribution in [2.75, 3.05) is 12.9 Å². The van der Waals surface area contributed by atoms with E-state index in [1.54, 1.807) is 36.5 Å². The van der Waals surface area contributed by atoms with Gasteiger partial charge >= 0.3 is 0 Å². The van der Waals surface area contributed by atoms with E-state index < -0.39 is 9.84 Å². The molecule has 136 valence electrons. The van der Waals surface area contributed by atoms with Crippen molar-refractivity contribution >= 4 is 21.4 Å². The molecule has 0 atom stereocenters. The molecule has 7 heteroatoms. The highest BCUT2D eigenvalue weighted by atomic mass is 35.5. The summed E-state index contributed by atoms with van der Waals surface area (Å²) >= 11 is 6.21. The maximum absolute atomic E-state index is 11.6. The molecule has 0 aliphatic carbocycles. The van der Waals surface area contributed by atoms with E-state index in [2.05, 4.69) is 5.10 Å². The van der Waals surface area contributed by atoms with Crippen LogP contribution in [0.5, 0.6) is 5.75 Å². The van der Waals surface area contributed by atoms with Gasteiger partial charge in [0.2, 0.25) is 0 Å². The maximum Gasteiger partial charge on any atom is 0.175 e. The van der Waals surface area contributed by atoms with E-state index in [-0.39, 0.29) is 0 Å². The maximum atomic E-state index is 11.6. The lowest BCUT2D eigenvalue weighted by atomic mass is 10.1. The molecule has 0 bridgehead atoms. The Morgan fingerprint density at radius 1 is 1.12 bits per heavy atom. The van der Waals surface area contributed by atoms with E-state index in [0.29, 0.717) is 22.3 Å². The van der Waals surface area contributed by atoms with Crippen molar-refractivity contribution in [3.63, 3.8) is 0 Å². The molecule has 0 saturated carbocycles. The number of aromatic nitrogens is 2. The number of ether oxygens (including phenoxy) is 1. The molecule has 1 heterocycles. The third-order valence-electron chi connectivity index (χ3n) is 3.85. The van der Waals surface area contributed by atoms with E-state index in [1.165, 1.54) is 6.26 Å². The molecule has 0 fully saturated rings. The molecule has 3 rings (SSSR count). The molecule has 0 unspecified atom stereocenters. The Hall–Kier alpha value is -2.31. The van der Waals surface area contributed by atoms with E-state index in [0.717, 1.165) is 24.1 Å². The molecular weight excluding hydrogens is 372 g/mol. The van der Waals surface area contributed by atoms with Crippen molar-refractivity contribution in [3.8, 4) is 16.9 Å². The zero-order valence-electron chi connectivity index (χ0n) is 14.3. The van der Waals surface area contributed by atoms with Gasteiger partial charge in [-0.25, -0.2) is 8.42 Å². The van der Waals surface area contributed by atoms with Gasteiger partial charge in [0.25, 0.3) is 0 Å². The van der Waals surface area contributed by atoms with Gasteiger partial charge in [-0.05, 0) is 47.5 Å². The summed E-state index contributed by atoms with van der Waals surface area (Å²) in [6.45, 7) is 1.33. The van der Waals surface area contributed by atoms with Crippen LogP contribution in [0.1, 0.15) is 6.42 Å². The topological polar surface area (TPSA) is 61.2 Å². The Morgan fingerprint density at radius 2 is 1.88 bits per heavy atom. The van der Waals surface area contributed by atoms with Gasteiger partial charge in [0, 0.05) is 36.6 Å². The molecule has 0 aliphatic rings. The molecule has 3 aromatic rings. The van der Waals surface area contributed by atoms with Crippen LogP contribution in [-0.4, -0.2) is 31.1 Å². The first-order valence-corrected chi connectivity index (χ1v) is 10.4. The van der Waals surface area contributed by atoms with Gasteiger partial charge in [-0.2, -0.15) is 5.10 Å². The Kier molecular flexibility index (Phi) is 5.64. The summed E-state index contributed by atoms with van der Waals surface area (Å²) < 4.78 is 30.8. The number of nitrogens with zero attached hydrogens (tertiary/aromatic N) is 2. The lowest BCUT2D eigenvalue weighted by Crippen LogP contribution is -2.04. The predicted molar refractivity (Wildman–Crippen MR) is 102 cm³/mol. The van der Waals surface area contributed by atoms with Crippen molar-refractivity contribution in [1.82, 2.24) is 9.78 Å². The lowest BCUT2D eigenvalue weighted by molar-refractivity contribution is 0.299. The quantitative estimate of drug-likeness (QED) is 0.570. The summed E-state index contributed by atoms with van der Waals surface area (Å²) in [4.78, 5) is 0.290. The molecule has 0 aliphatic heterocycles. The van der Waals surface area contributed by atoms with E-state index in [4.69, 9.17) is 16.3 Å². The fraction of sp³-hybridized carbons (Fsp3) is 0.211. The van der Waals surface area contributed by atoms with Crippen molar-refractivity contribution in [2.24, 2.45) is 0 Å². The second-order valence-electron chi connectivity index (χ2n) is 5.94. The monoisotopic (exact) mass is 390 g/mol. The van der Waals surface area contributed by atoms with Crippen LogP contribution in [0.3, 0.4) is 0 Å². The molecular formula is C19H19ClN2O3S. The van der Waals surface area contributed by atoms with Gasteiger partial charge < -0.3 is 4.74 Å². The summed E-state index contributed by atoms with van der Waals surface area (Å²) in [5, 5.41) is 4.72. The lowest BCUT2D eigenvalue weighted by Gasteiger charge is -2.10. The minimum absolute atomic E-state index is 0.290. The SMILES string of the molecule is CS(=O)(=O)c1ccc(-c2cc(Cl)cc(OCCCn3cccn3)c2)cc1. The second kappa shape index (κ2) is 7.93. The molecule has 26 heavy (non-hydrogen) atoms. The van der Waals surface area contributed by atoms with Gasteiger partial charge in [0.15, 0.2) is 9.84 Å². The van der Waals surface area contributed by atoms with E-state index in [1.807, 2.05) is 29.1 Å².